The molecule has 0 N–H and O–H groups in total. The third kappa shape index (κ3) is 4.28. The molecule has 3 heterocycles. The van der Waals surface area contributed by atoms with Crippen molar-refractivity contribution >= 4 is 23.5 Å². The Balaban J connectivity index is 1.33. The van der Waals surface area contributed by atoms with Crippen molar-refractivity contribution in [1.82, 2.24) is 9.80 Å². The molecule has 0 aromatic heterocycles. The third-order valence-electron chi connectivity index (χ3n) is 6.23. The van der Waals surface area contributed by atoms with Gasteiger partial charge in [0.15, 0.2) is 5.76 Å². The Bertz CT molecular complexity index is 1060. The summed E-state index contributed by atoms with van der Waals surface area (Å²) in [5, 5.41) is 0.584. The molecule has 0 unspecified atom stereocenters. The maximum Gasteiger partial charge on any atom is 0.232 e. The summed E-state index contributed by atoms with van der Waals surface area (Å²) in [6.07, 6.45) is 2.78. The van der Waals surface area contributed by atoms with Crippen LogP contribution in [0.25, 0.3) is 6.08 Å². The minimum Gasteiger partial charge on any atom is -0.478 e. The molecule has 2 aromatic rings. The maximum absolute atomic E-state index is 13.1. The Morgan fingerprint density at radius 3 is 2.72 bits per heavy atom. The SMILES string of the molecule is Cc1cc2c(c3c1C(=O)/C(=C/c1ccccc1Cl)O3)CN(CCCN1CCOCC1)CO2. The zero-order chi connectivity index (χ0) is 22.1. The highest BCUT2D eigenvalue weighted by Gasteiger charge is 2.35. The number of fused-ring (bicyclic) bond motifs is 3. The predicted molar refractivity (Wildman–Crippen MR) is 123 cm³/mol. The number of ether oxygens (including phenoxy) is 3. The lowest BCUT2D eigenvalue weighted by molar-refractivity contribution is 0.0329. The minimum absolute atomic E-state index is 0.107. The Labute approximate surface area is 193 Å². The molecule has 0 saturated carbocycles. The van der Waals surface area contributed by atoms with Crippen LogP contribution in [0.15, 0.2) is 36.1 Å². The highest BCUT2D eigenvalue weighted by molar-refractivity contribution is 6.32. The number of hydrogen-bond donors (Lipinski definition) is 0. The van der Waals surface area contributed by atoms with Crippen molar-refractivity contribution in [3.8, 4) is 11.5 Å². The lowest BCUT2D eigenvalue weighted by Gasteiger charge is -2.31. The molecule has 5 rings (SSSR count). The average Bonchev–Trinajstić information content (AvgIpc) is 3.13. The first-order chi connectivity index (χ1) is 15.6. The van der Waals surface area contributed by atoms with Gasteiger partial charge in [0.2, 0.25) is 5.78 Å². The van der Waals surface area contributed by atoms with Crippen LogP contribution in [-0.4, -0.2) is 61.7 Å². The monoisotopic (exact) mass is 454 g/mol. The van der Waals surface area contributed by atoms with Crippen molar-refractivity contribution in [2.75, 3.05) is 46.1 Å². The molecule has 0 aliphatic carbocycles. The zero-order valence-corrected chi connectivity index (χ0v) is 19.0. The van der Waals surface area contributed by atoms with E-state index in [9.17, 15) is 4.79 Å². The maximum atomic E-state index is 13.1. The van der Waals surface area contributed by atoms with Crippen molar-refractivity contribution in [3.63, 3.8) is 0 Å². The van der Waals surface area contributed by atoms with Crippen LogP contribution in [0.2, 0.25) is 5.02 Å². The molecule has 1 saturated heterocycles. The summed E-state index contributed by atoms with van der Waals surface area (Å²) in [6, 6.07) is 9.38. The predicted octanol–water partition coefficient (Wildman–Crippen LogP) is 4.14. The van der Waals surface area contributed by atoms with Crippen LogP contribution < -0.4 is 9.47 Å². The van der Waals surface area contributed by atoms with E-state index < -0.39 is 0 Å². The molecule has 0 atom stereocenters. The minimum atomic E-state index is -0.107. The van der Waals surface area contributed by atoms with E-state index >= 15 is 0 Å². The summed E-state index contributed by atoms with van der Waals surface area (Å²) in [6.45, 7) is 8.80. The van der Waals surface area contributed by atoms with E-state index in [0.717, 1.165) is 68.3 Å². The number of aryl methyl sites for hydroxylation is 1. The number of morpholine rings is 1. The van der Waals surface area contributed by atoms with E-state index in [2.05, 4.69) is 9.80 Å². The zero-order valence-electron chi connectivity index (χ0n) is 18.2. The summed E-state index contributed by atoms with van der Waals surface area (Å²) < 4.78 is 17.6. The fraction of sp³-hybridized carbons (Fsp3) is 0.400. The Kier molecular flexibility index (Phi) is 6.20. The topological polar surface area (TPSA) is 51.2 Å². The summed E-state index contributed by atoms with van der Waals surface area (Å²) in [5.41, 5.74) is 3.20. The van der Waals surface area contributed by atoms with Gasteiger partial charge in [-0.1, -0.05) is 29.8 Å². The van der Waals surface area contributed by atoms with Gasteiger partial charge in [0.25, 0.3) is 0 Å². The van der Waals surface area contributed by atoms with Crippen LogP contribution in [-0.2, 0) is 11.3 Å². The van der Waals surface area contributed by atoms with Gasteiger partial charge in [0.1, 0.15) is 18.2 Å². The van der Waals surface area contributed by atoms with E-state index in [1.165, 1.54) is 0 Å². The van der Waals surface area contributed by atoms with Crippen LogP contribution in [0.4, 0.5) is 0 Å². The molecule has 6 nitrogen and oxygen atoms in total. The van der Waals surface area contributed by atoms with Gasteiger partial charge in [-0.3, -0.25) is 14.6 Å². The van der Waals surface area contributed by atoms with Gasteiger partial charge < -0.3 is 14.2 Å². The number of allylic oxidation sites excluding steroid dienone is 1. The number of hydrogen-bond acceptors (Lipinski definition) is 6. The first-order valence-corrected chi connectivity index (χ1v) is 11.5. The Morgan fingerprint density at radius 1 is 1.12 bits per heavy atom. The van der Waals surface area contributed by atoms with Gasteiger partial charge in [0, 0.05) is 31.2 Å². The molecule has 0 spiro atoms. The highest BCUT2D eigenvalue weighted by atomic mass is 35.5. The van der Waals surface area contributed by atoms with Crippen LogP contribution in [0.1, 0.15) is 33.5 Å². The summed E-state index contributed by atoms with van der Waals surface area (Å²) in [7, 11) is 0. The quantitative estimate of drug-likeness (QED) is 0.633. The molecule has 1 fully saturated rings. The van der Waals surface area contributed by atoms with E-state index in [-0.39, 0.29) is 5.78 Å². The smallest absolute Gasteiger partial charge is 0.232 e. The van der Waals surface area contributed by atoms with Gasteiger partial charge >= 0.3 is 0 Å². The van der Waals surface area contributed by atoms with Gasteiger partial charge in [-0.05, 0) is 49.2 Å². The average molecular weight is 455 g/mol. The Hall–Kier alpha value is -2.38. The van der Waals surface area contributed by atoms with Crippen molar-refractivity contribution in [1.29, 1.82) is 0 Å². The molecule has 168 valence electrons. The standard InChI is InChI=1S/C25H27ClN2O4/c1-17-13-21-19(15-28(16-31-21)8-4-7-27-9-11-30-12-10-27)25-23(17)24(29)22(32-25)14-18-5-2-3-6-20(18)26/h2-3,5-6,13-14H,4,7-12,15-16H2,1H3/b22-14-. The highest BCUT2D eigenvalue weighted by Crippen LogP contribution is 2.44. The van der Waals surface area contributed by atoms with Crippen molar-refractivity contribution in [2.24, 2.45) is 0 Å². The summed E-state index contributed by atoms with van der Waals surface area (Å²) in [5.74, 6) is 1.62. The second-order valence-electron chi connectivity index (χ2n) is 8.47. The van der Waals surface area contributed by atoms with Gasteiger partial charge in [-0.25, -0.2) is 0 Å². The van der Waals surface area contributed by atoms with Gasteiger partial charge in [0.05, 0.1) is 24.3 Å². The van der Waals surface area contributed by atoms with Crippen LogP contribution in [0, 0.1) is 6.92 Å². The fourth-order valence-electron chi connectivity index (χ4n) is 4.50. The summed E-state index contributed by atoms with van der Waals surface area (Å²) in [4.78, 5) is 17.8. The number of carbonyl (C=O) groups is 1. The molecular weight excluding hydrogens is 428 g/mol. The lowest BCUT2D eigenvalue weighted by atomic mass is 9.98. The van der Waals surface area contributed by atoms with E-state index in [4.69, 9.17) is 25.8 Å². The number of benzene rings is 2. The van der Waals surface area contributed by atoms with E-state index in [1.807, 2.05) is 31.2 Å². The number of carbonyl (C=O) groups excluding carboxylic acids is 1. The summed E-state index contributed by atoms with van der Waals surface area (Å²) >= 11 is 6.28. The molecule has 32 heavy (non-hydrogen) atoms. The molecule has 0 radical (unpaired) electrons. The molecule has 0 amide bonds. The first-order valence-electron chi connectivity index (χ1n) is 11.1. The van der Waals surface area contributed by atoms with Crippen LogP contribution >= 0.6 is 11.6 Å². The Morgan fingerprint density at radius 2 is 1.91 bits per heavy atom. The second-order valence-corrected chi connectivity index (χ2v) is 8.88. The van der Waals surface area contributed by atoms with Crippen LogP contribution in [0.5, 0.6) is 11.5 Å². The molecule has 3 aliphatic rings. The molecular formula is C25H27ClN2O4. The van der Waals surface area contributed by atoms with E-state index in [1.54, 1.807) is 12.1 Å². The van der Waals surface area contributed by atoms with Crippen molar-refractivity contribution in [3.05, 3.63) is 63.4 Å². The number of Topliss-reactive ketones (excluding diaryl/α,β-unsaturated/α-hetero) is 1. The van der Waals surface area contributed by atoms with Gasteiger partial charge in [-0.2, -0.15) is 0 Å². The number of halogens is 1. The second kappa shape index (κ2) is 9.24. The number of nitrogens with zero attached hydrogens (tertiary/aromatic N) is 2. The third-order valence-corrected chi connectivity index (χ3v) is 6.58. The molecule has 3 aliphatic heterocycles. The van der Waals surface area contributed by atoms with Crippen molar-refractivity contribution in [2.45, 2.75) is 19.9 Å². The van der Waals surface area contributed by atoms with Gasteiger partial charge in [-0.15, -0.1) is 0 Å². The van der Waals surface area contributed by atoms with Crippen molar-refractivity contribution < 1.29 is 19.0 Å². The molecule has 2 aromatic carbocycles. The number of ketones is 1. The lowest BCUT2D eigenvalue weighted by Crippen LogP contribution is -2.39. The number of rotatable bonds is 5. The molecule has 7 heteroatoms. The fourth-order valence-corrected chi connectivity index (χ4v) is 4.69. The molecule has 0 bridgehead atoms. The largest absolute Gasteiger partial charge is 0.478 e. The van der Waals surface area contributed by atoms with Crippen LogP contribution in [0.3, 0.4) is 0 Å². The first kappa shape index (κ1) is 21.5. The van der Waals surface area contributed by atoms with E-state index in [0.29, 0.717) is 35.4 Å². The normalized spacial score (nSPS) is 20.1.